The molecule has 0 saturated heterocycles. The van der Waals surface area contributed by atoms with E-state index >= 15 is 0 Å². The van der Waals surface area contributed by atoms with Crippen LogP contribution in [0.4, 0.5) is 11.4 Å². The molecule has 3 N–H and O–H groups in total. The molecule has 110 valence electrons. The number of nitrogens with zero attached hydrogens (tertiary/aromatic N) is 1. The lowest BCUT2D eigenvalue weighted by Crippen LogP contribution is -2.20. The molecular formula is C15H14Cl2N2O2. The lowest BCUT2D eigenvalue weighted by Gasteiger charge is -2.22. The van der Waals surface area contributed by atoms with Crippen molar-refractivity contribution in [3.05, 3.63) is 57.6 Å². The van der Waals surface area contributed by atoms with Crippen LogP contribution in [0.2, 0.25) is 10.0 Å². The van der Waals surface area contributed by atoms with E-state index in [0.717, 1.165) is 5.56 Å². The zero-order chi connectivity index (χ0) is 15.6. The monoisotopic (exact) mass is 324 g/mol. The number of benzene rings is 2. The molecule has 6 heteroatoms. The fraction of sp³-hybridized carbons (Fsp3) is 0.133. The number of halogens is 2. The maximum absolute atomic E-state index is 11.3. The van der Waals surface area contributed by atoms with Gasteiger partial charge in [0.25, 0.3) is 0 Å². The van der Waals surface area contributed by atoms with Gasteiger partial charge in [0.15, 0.2) is 0 Å². The highest BCUT2D eigenvalue weighted by Gasteiger charge is 2.16. The summed E-state index contributed by atoms with van der Waals surface area (Å²) in [6.07, 6.45) is 0. The Bertz CT molecular complexity index is 669. The molecule has 0 spiro atoms. The molecule has 2 rings (SSSR count). The fourth-order valence-electron chi connectivity index (χ4n) is 2.06. The number of hydrogen-bond donors (Lipinski definition) is 2. The Labute approximate surface area is 132 Å². The Kier molecular flexibility index (Phi) is 4.60. The minimum absolute atomic E-state index is 0.140. The second-order valence-electron chi connectivity index (χ2n) is 4.64. The van der Waals surface area contributed by atoms with E-state index in [1.165, 1.54) is 6.07 Å². The van der Waals surface area contributed by atoms with Crippen molar-refractivity contribution in [2.24, 2.45) is 0 Å². The van der Waals surface area contributed by atoms with Crippen molar-refractivity contribution in [1.82, 2.24) is 0 Å². The summed E-state index contributed by atoms with van der Waals surface area (Å²) in [4.78, 5) is 13.1. The van der Waals surface area contributed by atoms with Crippen LogP contribution in [-0.4, -0.2) is 18.1 Å². The Balaban J connectivity index is 2.37. The predicted octanol–water partition coefficient (Wildman–Crippen LogP) is 3.91. The van der Waals surface area contributed by atoms with Crippen LogP contribution < -0.4 is 10.6 Å². The van der Waals surface area contributed by atoms with Gasteiger partial charge in [-0.1, -0.05) is 29.3 Å². The first-order chi connectivity index (χ1) is 9.90. The summed E-state index contributed by atoms with van der Waals surface area (Å²) in [7, 11) is 1.78. The van der Waals surface area contributed by atoms with Gasteiger partial charge in [0.2, 0.25) is 0 Å². The molecule has 4 nitrogen and oxygen atoms in total. The van der Waals surface area contributed by atoms with Crippen LogP contribution in [-0.2, 0) is 6.54 Å². The standard InChI is InChI=1S/C15H14Cl2N2O2/c1-19(8-11-12(16)3-2-4-13(11)17)14-6-5-9(18)7-10(14)15(20)21/h2-7H,8,18H2,1H3,(H,20,21). The van der Waals surface area contributed by atoms with Crippen molar-refractivity contribution in [2.75, 3.05) is 17.7 Å². The molecule has 0 saturated carbocycles. The molecule has 0 aliphatic heterocycles. The molecule has 0 amide bonds. The van der Waals surface area contributed by atoms with Gasteiger partial charge >= 0.3 is 5.97 Å². The summed E-state index contributed by atoms with van der Waals surface area (Å²) in [6, 6.07) is 10.0. The number of aromatic carboxylic acids is 1. The van der Waals surface area contributed by atoms with Crippen molar-refractivity contribution < 1.29 is 9.90 Å². The van der Waals surface area contributed by atoms with Gasteiger partial charge < -0.3 is 15.7 Å². The van der Waals surface area contributed by atoms with Gasteiger partial charge in [-0.2, -0.15) is 0 Å². The molecule has 0 aliphatic rings. The van der Waals surface area contributed by atoms with Gasteiger partial charge in [-0.05, 0) is 30.3 Å². The Morgan fingerprint density at radius 3 is 2.43 bits per heavy atom. The predicted molar refractivity (Wildman–Crippen MR) is 86.4 cm³/mol. The van der Waals surface area contributed by atoms with Crippen LogP contribution in [0.15, 0.2) is 36.4 Å². The van der Waals surface area contributed by atoms with Crippen LogP contribution in [0.5, 0.6) is 0 Å². The first-order valence-electron chi connectivity index (χ1n) is 6.17. The number of carboxylic acid groups (broad SMARTS) is 1. The average molecular weight is 325 g/mol. The quantitative estimate of drug-likeness (QED) is 0.837. The fourth-order valence-corrected chi connectivity index (χ4v) is 2.58. The Hall–Kier alpha value is -1.91. The highest BCUT2D eigenvalue weighted by molar-refractivity contribution is 6.36. The smallest absolute Gasteiger partial charge is 0.337 e. The van der Waals surface area contributed by atoms with Crippen LogP contribution in [0.1, 0.15) is 15.9 Å². The summed E-state index contributed by atoms with van der Waals surface area (Å²) in [5, 5.41) is 10.4. The van der Waals surface area contributed by atoms with Crippen LogP contribution in [0.25, 0.3) is 0 Å². The van der Waals surface area contributed by atoms with E-state index in [1.807, 2.05) is 0 Å². The third-order valence-corrected chi connectivity index (χ3v) is 3.83. The normalized spacial score (nSPS) is 10.4. The van der Waals surface area contributed by atoms with E-state index in [0.29, 0.717) is 28.0 Å². The molecule has 0 heterocycles. The van der Waals surface area contributed by atoms with E-state index in [-0.39, 0.29) is 5.56 Å². The molecule has 2 aromatic carbocycles. The van der Waals surface area contributed by atoms with Crippen LogP contribution in [0, 0.1) is 0 Å². The summed E-state index contributed by atoms with van der Waals surface area (Å²) in [5.41, 5.74) is 7.48. The number of nitrogens with two attached hydrogens (primary N) is 1. The number of nitrogen functional groups attached to an aromatic ring is 1. The zero-order valence-electron chi connectivity index (χ0n) is 11.3. The molecule has 0 aliphatic carbocycles. The number of hydrogen-bond acceptors (Lipinski definition) is 3. The maximum atomic E-state index is 11.3. The first kappa shape index (κ1) is 15.5. The van der Waals surface area contributed by atoms with Gasteiger partial charge in [0, 0.05) is 34.9 Å². The second kappa shape index (κ2) is 6.24. The number of carboxylic acids is 1. The van der Waals surface area contributed by atoms with E-state index in [9.17, 15) is 9.90 Å². The molecule has 0 atom stereocenters. The molecular weight excluding hydrogens is 311 g/mol. The molecule has 0 bridgehead atoms. The van der Waals surface area contributed by atoms with E-state index in [1.54, 1.807) is 42.3 Å². The molecule has 0 unspecified atom stereocenters. The SMILES string of the molecule is CN(Cc1c(Cl)cccc1Cl)c1ccc(N)cc1C(=O)O. The number of carbonyl (C=O) groups is 1. The Morgan fingerprint density at radius 1 is 1.24 bits per heavy atom. The molecule has 0 fully saturated rings. The lowest BCUT2D eigenvalue weighted by atomic mass is 10.1. The van der Waals surface area contributed by atoms with Gasteiger partial charge in [0.1, 0.15) is 0 Å². The van der Waals surface area contributed by atoms with Gasteiger partial charge in [-0.15, -0.1) is 0 Å². The number of rotatable bonds is 4. The third-order valence-electron chi connectivity index (χ3n) is 3.12. The van der Waals surface area contributed by atoms with Crippen molar-refractivity contribution in [3.63, 3.8) is 0 Å². The van der Waals surface area contributed by atoms with E-state index in [4.69, 9.17) is 28.9 Å². The van der Waals surface area contributed by atoms with Crippen LogP contribution in [0.3, 0.4) is 0 Å². The van der Waals surface area contributed by atoms with Crippen molar-refractivity contribution >= 4 is 40.5 Å². The first-order valence-corrected chi connectivity index (χ1v) is 6.92. The highest BCUT2D eigenvalue weighted by atomic mass is 35.5. The lowest BCUT2D eigenvalue weighted by molar-refractivity contribution is 0.0697. The molecule has 0 aromatic heterocycles. The van der Waals surface area contributed by atoms with E-state index in [2.05, 4.69) is 0 Å². The van der Waals surface area contributed by atoms with Crippen molar-refractivity contribution in [2.45, 2.75) is 6.54 Å². The van der Waals surface area contributed by atoms with Gasteiger partial charge in [-0.25, -0.2) is 4.79 Å². The average Bonchev–Trinajstić information content (AvgIpc) is 2.42. The number of anilines is 2. The maximum Gasteiger partial charge on any atom is 0.337 e. The molecule has 2 aromatic rings. The molecule has 0 radical (unpaired) electrons. The third kappa shape index (κ3) is 3.40. The van der Waals surface area contributed by atoms with E-state index < -0.39 is 5.97 Å². The van der Waals surface area contributed by atoms with Gasteiger partial charge in [0.05, 0.1) is 11.3 Å². The Morgan fingerprint density at radius 2 is 1.86 bits per heavy atom. The largest absolute Gasteiger partial charge is 0.478 e. The molecule has 21 heavy (non-hydrogen) atoms. The summed E-state index contributed by atoms with van der Waals surface area (Å²) >= 11 is 12.3. The van der Waals surface area contributed by atoms with Gasteiger partial charge in [-0.3, -0.25) is 0 Å². The zero-order valence-corrected chi connectivity index (χ0v) is 12.8. The van der Waals surface area contributed by atoms with Crippen molar-refractivity contribution in [3.8, 4) is 0 Å². The topological polar surface area (TPSA) is 66.6 Å². The minimum atomic E-state index is -1.03. The summed E-state index contributed by atoms with van der Waals surface area (Å²) in [5.74, 6) is -1.03. The highest BCUT2D eigenvalue weighted by Crippen LogP contribution is 2.29. The van der Waals surface area contributed by atoms with Crippen LogP contribution >= 0.6 is 23.2 Å². The minimum Gasteiger partial charge on any atom is -0.478 e. The summed E-state index contributed by atoms with van der Waals surface area (Å²) < 4.78 is 0. The second-order valence-corrected chi connectivity index (χ2v) is 5.45. The van der Waals surface area contributed by atoms with Crippen molar-refractivity contribution in [1.29, 1.82) is 0 Å². The summed E-state index contributed by atoms with van der Waals surface area (Å²) in [6.45, 7) is 0.392.